The van der Waals surface area contributed by atoms with Crippen molar-refractivity contribution in [1.29, 1.82) is 0 Å². The monoisotopic (exact) mass is 214 g/mol. The Hall–Kier alpha value is -0.610. The second-order valence-electron chi connectivity index (χ2n) is 4.11. The van der Waals surface area contributed by atoms with Gasteiger partial charge in [0.1, 0.15) is 12.2 Å². The van der Waals surface area contributed by atoms with Crippen molar-refractivity contribution < 1.29 is 19.0 Å². The first-order valence-corrected chi connectivity index (χ1v) is 5.76. The molecule has 2 heterocycles. The van der Waals surface area contributed by atoms with Gasteiger partial charge in [0, 0.05) is 6.61 Å². The van der Waals surface area contributed by atoms with E-state index in [1.807, 2.05) is 6.92 Å². The first-order chi connectivity index (χ1) is 7.29. The average Bonchev–Trinajstić information content (AvgIpc) is 2.60. The van der Waals surface area contributed by atoms with Crippen molar-refractivity contribution in [1.82, 2.24) is 0 Å². The van der Waals surface area contributed by atoms with Crippen molar-refractivity contribution in [2.75, 3.05) is 6.61 Å². The van der Waals surface area contributed by atoms with Crippen LogP contribution in [0.1, 0.15) is 39.0 Å². The fourth-order valence-corrected chi connectivity index (χ4v) is 2.08. The van der Waals surface area contributed by atoms with Crippen molar-refractivity contribution in [3.8, 4) is 0 Å². The predicted octanol–water partition coefficient (Wildman–Crippen LogP) is 1.62. The van der Waals surface area contributed by atoms with E-state index >= 15 is 0 Å². The summed E-state index contributed by atoms with van der Waals surface area (Å²) in [4.78, 5) is 11.1. The first kappa shape index (κ1) is 10.9. The van der Waals surface area contributed by atoms with Gasteiger partial charge in [-0.2, -0.15) is 0 Å². The Morgan fingerprint density at radius 1 is 1.47 bits per heavy atom. The lowest BCUT2D eigenvalue weighted by Crippen LogP contribution is -2.32. The molecule has 3 atom stereocenters. The zero-order valence-corrected chi connectivity index (χ0v) is 9.11. The van der Waals surface area contributed by atoms with Crippen LogP contribution in [0.2, 0.25) is 0 Å². The van der Waals surface area contributed by atoms with Gasteiger partial charge in [-0.3, -0.25) is 4.79 Å². The van der Waals surface area contributed by atoms with E-state index < -0.39 is 0 Å². The molecule has 0 N–H and O–H groups in total. The number of hydrogen-bond acceptors (Lipinski definition) is 4. The Balaban J connectivity index is 1.84. The fourth-order valence-electron chi connectivity index (χ4n) is 2.08. The van der Waals surface area contributed by atoms with Crippen LogP contribution in [0.5, 0.6) is 0 Å². The van der Waals surface area contributed by atoms with Crippen LogP contribution in [-0.4, -0.2) is 31.1 Å². The Labute approximate surface area is 89.9 Å². The molecule has 2 aliphatic heterocycles. The Kier molecular flexibility index (Phi) is 3.59. The quantitative estimate of drug-likeness (QED) is 0.670. The van der Waals surface area contributed by atoms with Gasteiger partial charge in [-0.15, -0.1) is 0 Å². The van der Waals surface area contributed by atoms with Gasteiger partial charge in [0.25, 0.3) is 0 Å². The lowest BCUT2D eigenvalue weighted by Gasteiger charge is -2.27. The lowest BCUT2D eigenvalue weighted by atomic mass is 10.1. The van der Waals surface area contributed by atoms with Crippen LogP contribution in [0.15, 0.2) is 0 Å². The second kappa shape index (κ2) is 4.94. The van der Waals surface area contributed by atoms with Crippen LogP contribution in [0.4, 0.5) is 0 Å². The molecular weight excluding hydrogens is 196 g/mol. The van der Waals surface area contributed by atoms with Crippen molar-refractivity contribution in [3.63, 3.8) is 0 Å². The van der Waals surface area contributed by atoms with Gasteiger partial charge in [-0.05, 0) is 25.7 Å². The van der Waals surface area contributed by atoms with Gasteiger partial charge in [-0.25, -0.2) is 0 Å². The van der Waals surface area contributed by atoms with Crippen molar-refractivity contribution in [2.24, 2.45) is 0 Å². The van der Waals surface area contributed by atoms with Crippen LogP contribution < -0.4 is 0 Å². The van der Waals surface area contributed by atoms with E-state index in [-0.39, 0.29) is 24.5 Å². The molecule has 2 rings (SSSR count). The fraction of sp³-hybridized carbons (Fsp3) is 0.909. The third-order valence-corrected chi connectivity index (χ3v) is 2.93. The van der Waals surface area contributed by atoms with E-state index in [0.717, 1.165) is 32.3 Å². The summed E-state index contributed by atoms with van der Waals surface area (Å²) in [6.45, 7) is 2.77. The van der Waals surface area contributed by atoms with E-state index in [4.69, 9.17) is 14.2 Å². The van der Waals surface area contributed by atoms with Crippen LogP contribution >= 0.6 is 0 Å². The second-order valence-corrected chi connectivity index (χ2v) is 4.11. The van der Waals surface area contributed by atoms with Crippen LogP contribution in [0.25, 0.3) is 0 Å². The normalized spacial score (nSPS) is 36.6. The molecule has 1 unspecified atom stereocenters. The van der Waals surface area contributed by atoms with Gasteiger partial charge in [-0.1, -0.05) is 6.92 Å². The molecule has 0 bridgehead atoms. The summed E-state index contributed by atoms with van der Waals surface area (Å²) >= 11 is 0. The number of carbonyl (C=O) groups excluding carboxylic acids is 1. The lowest BCUT2D eigenvalue weighted by molar-refractivity contribution is -0.196. The predicted molar refractivity (Wildman–Crippen MR) is 53.3 cm³/mol. The molecule has 2 aliphatic rings. The van der Waals surface area contributed by atoms with E-state index in [1.54, 1.807) is 0 Å². The minimum absolute atomic E-state index is 0.0805. The maximum atomic E-state index is 11.1. The highest BCUT2D eigenvalue weighted by atomic mass is 16.7. The number of cyclic esters (lactones) is 1. The highest BCUT2D eigenvalue weighted by Gasteiger charge is 2.36. The minimum Gasteiger partial charge on any atom is -0.460 e. The van der Waals surface area contributed by atoms with Crippen molar-refractivity contribution in [2.45, 2.75) is 57.5 Å². The Morgan fingerprint density at radius 3 is 3.00 bits per heavy atom. The summed E-state index contributed by atoms with van der Waals surface area (Å²) in [5.41, 5.74) is 0. The van der Waals surface area contributed by atoms with Crippen LogP contribution in [0, 0.1) is 0 Å². The van der Waals surface area contributed by atoms with Crippen molar-refractivity contribution in [3.05, 3.63) is 0 Å². The average molecular weight is 214 g/mol. The SMILES string of the molecule is CC[C@H]1OC(=O)C[C@H]1OC1CCCCO1. The molecule has 0 aromatic heterocycles. The standard InChI is InChI=1S/C11H18O4/c1-2-8-9(7-10(12)14-8)15-11-5-3-4-6-13-11/h8-9,11H,2-7H2,1H3/t8-,9-,11?/m1/s1. The molecule has 0 aromatic carbocycles. The largest absolute Gasteiger partial charge is 0.460 e. The molecular formula is C11H18O4. The van der Waals surface area contributed by atoms with Gasteiger partial charge < -0.3 is 14.2 Å². The van der Waals surface area contributed by atoms with E-state index in [0.29, 0.717) is 6.42 Å². The molecule has 0 aliphatic carbocycles. The summed E-state index contributed by atoms with van der Waals surface area (Å²) in [7, 11) is 0. The molecule has 2 fully saturated rings. The van der Waals surface area contributed by atoms with E-state index in [9.17, 15) is 4.79 Å². The summed E-state index contributed by atoms with van der Waals surface area (Å²) in [5.74, 6) is -0.150. The molecule has 86 valence electrons. The first-order valence-electron chi connectivity index (χ1n) is 5.76. The zero-order chi connectivity index (χ0) is 10.7. The molecule has 0 aromatic rings. The molecule has 15 heavy (non-hydrogen) atoms. The third-order valence-electron chi connectivity index (χ3n) is 2.93. The third kappa shape index (κ3) is 2.69. The smallest absolute Gasteiger partial charge is 0.308 e. The topological polar surface area (TPSA) is 44.8 Å². The summed E-state index contributed by atoms with van der Waals surface area (Å²) in [6, 6.07) is 0. The number of hydrogen-bond donors (Lipinski definition) is 0. The van der Waals surface area contributed by atoms with Gasteiger partial charge in [0.15, 0.2) is 6.29 Å². The molecule has 0 amide bonds. The van der Waals surface area contributed by atoms with Gasteiger partial charge >= 0.3 is 5.97 Å². The molecule has 0 radical (unpaired) electrons. The van der Waals surface area contributed by atoms with E-state index in [1.165, 1.54) is 0 Å². The highest BCUT2D eigenvalue weighted by Crippen LogP contribution is 2.25. The number of carbonyl (C=O) groups is 1. The van der Waals surface area contributed by atoms with Crippen molar-refractivity contribution >= 4 is 5.97 Å². The van der Waals surface area contributed by atoms with E-state index in [2.05, 4.69) is 0 Å². The number of rotatable bonds is 3. The zero-order valence-electron chi connectivity index (χ0n) is 9.11. The summed E-state index contributed by atoms with van der Waals surface area (Å²) in [5, 5.41) is 0. The van der Waals surface area contributed by atoms with Crippen LogP contribution in [-0.2, 0) is 19.0 Å². The summed E-state index contributed by atoms with van der Waals surface area (Å²) in [6.07, 6.45) is 4.05. The number of ether oxygens (including phenoxy) is 3. The van der Waals surface area contributed by atoms with Crippen LogP contribution in [0.3, 0.4) is 0 Å². The minimum atomic E-state index is -0.150. The highest BCUT2D eigenvalue weighted by molar-refractivity contribution is 5.72. The molecule has 0 saturated carbocycles. The molecule has 0 spiro atoms. The van der Waals surface area contributed by atoms with Gasteiger partial charge in [0.05, 0.1) is 6.42 Å². The Bertz CT molecular complexity index is 223. The Morgan fingerprint density at radius 2 is 2.33 bits per heavy atom. The summed E-state index contributed by atoms with van der Waals surface area (Å²) < 4.78 is 16.4. The molecule has 4 nitrogen and oxygen atoms in total. The molecule has 4 heteroatoms. The maximum Gasteiger partial charge on any atom is 0.308 e. The maximum absolute atomic E-state index is 11.1. The van der Waals surface area contributed by atoms with Gasteiger partial charge in [0.2, 0.25) is 0 Å². The number of esters is 1. The molecule has 2 saturated heterocycles.